The van der Waals surface area contributed by atoms with E-state index in [1.54, 1.807) is 13.8 Å². The summed E-state index contributed by atoms with van der Waals surface area (Å²) in [6.45, 7) is 4.22. The lowest BCUT2D eigenvalue weighted by Gasteiger charge is -2.28. The highest BCUT2D eigenvalue weighted by Gasteiger charge is 2.36. The van der Waals surface area contributed by atoms with E-state index in [9.17, 15) is 4.79 Å². The summed E-state index contributed by atoms with van der Waals surface area (Å²) >= 11 is 0. The van der Waals surface area contributed by atoms with Crippen LogP contribution in [0.25, 0.3) is 10.8 Å². The zero-order chi connectivity index (χ0) is 15.3. The first-order valence-electron chi connectivity index (χ1n) is 6.97. The van der Waals surface area contributed by atoms with Crippen LogP contribution in [-0.4, -0.2) is 19.1 Å². The van der Waals surface area contributed by atoms with Crippen LogP contribution in [0.15, 0.2) is 42.5 Å². The van der Waals surface area contributed by atoms with Gasteiger partial charge in [-0.2, -0.15) is 0 Å². The first-order valence-corrected chi connectivity index (χ1v) is 6.97. The Labute approximate surface area is 125 Å². The lowest BCUT2D eigenvalue weighted by Crippen LogP contribution is -2.47. The van der Waals surface area contributed by atoms with Gasteiger partial charge in [0.2, 0.25) is 0 Å². The zero-order valence-corrected chi connectivity index (χ0v) is 12.3. The maximum Gasteiger partial charge on any atom is 0.330 e. The molecule has 0 amide bonds. The van der Waals surface area contributed by atoms with Crippen LogP contribution in [0, 0.1) is 12.3 Å². The Kier molecular flexibility index (Phi) is 4.62. The van der Waals surface area contributed by atoms with Gasteiger partial charge in [0, 0.05) is 0 Å². The van der Waals surface area contributed by atoms with Crippen molar-refractivity contribution in [1.82, 2.24) is 5.32 Å². The second-order valence-corrected chi connectivity index (χ2v) is 4.97. The van der Waals surface area contributed by atoms with Gasteiger partial charge in [0.1, 0.15) is 5.54 Å². The molecule has 0 saturated carbocycles. The summed E-state index contributed by atoms with van der Waals surface area (Å²) in [5.41, 5.74) is -0.109. The van der Waals surface area contributed by atoms with Gasteiger partial charge in [-0.05, 0) is 36.2 Å². The number of carbonyl (C=O) groups is 1. The fraction of sp³-hybridized carbons (Fsp3) is 0.278. The van der Waals surface area contributed by atoms with Crippen molar-refractivity contribution in [1.29, 1.82) is 0 Å². The summed E-state index contributed by atoms with van der Waals surface area (Å²) in [5.74, 6) is 2.18. The Morgan fingerprint density at radius 2 is 2.00 bits per heavy atom. The van der Waals surface area contributed by atoms with Crippen LogP contribution < -0.4 is 5.32 Å². The third-order valence-corrected chi connectivity index (χ3v) is 3.55. The molecule has 21 heavy (non-hydrogen) atoms. The molecule has 0 bridgehead atoms. The van der Waals surface area contributed by atoms with Gasteiger partial charge in [-0.15, -0.1) is 6.42 Å². The monoisotopic (exact) mass is 281 g/mol. The SMILES string of the molecule is C#CCNC(C)(C(=O)OCC)c1ccc2ccccc2c1. The fourth-order valence-corrected chi connectivity index (χ4v) is 2.30. The highest BCUT2D eigenvalue weighted by atomic mass is 16.5. The number of carbonyl (C=O) groups excluding carboxylic acids is 1. The second kappa shape index (κ2) is 6.43. The Morgan fingerprint density at radius 3 is 2.67 bits per heavy atom. The number of terminal acetylenes is 1. The summed E-state index contributed by atoms with van der Waals surface area (Å²) in [6, 6.07) is 13.9. The number of ether oxygens (including phenoxy) is 1. The van der Waals surface area contributed by atoms with E-state index in [1.807, 2.05) is 42.5 Å². The Morgan fingerprint density at radius 1 is 1.29 bits per heavy atom. The summed E-state index contributed by atoms with van der Waals surface area (Å²) < 4.78 is 5.20. The topological polar surface area (TPSA) is 38.3 Å². The molecule has 0 radical (unpaired) electrons. The molecule has 2 rings (SSSR count). The summed E-state index contributed by atoms with van der Waals surface area (Å²) in [4.78, 5) is 12.4. The molecule has 0 saturated heterocycles. The molecule has 108 valence electrons. The number of rotatable bonds is 5. The highest BCUT2D eigenvalue weighted by molar-refractivity contribution is 5.87. The van der Waals surface area contributed by atoms with Crippen molar-refractivity contribution < 1.29 is 9.53 Å². The van der Waals surface area contributed by atoms with Crippen LogP contribution in [0.3, 0.4) is 0 Å². The van der Waals surface area contributed by atoms with Gasteiger partial charge in [0.25, 0.3) is 0 Å². The van der Waals surface area contributed by atoms with E-state index >= 15 is 0 Å². The zero-order valence-electron chi connectivity index (χ0n) is 12.3. The highest BCUT2D eigenvalue weighted by Crippen LogP contribution is 2.26. The van der Waals surface area contributed by atoms with Gasteiger partial charge in [0.05, 0.1) is 13.2 Å². The smallest absolute Gasteiger partial charge is 0.330 e. The van der Waals surface area contributed by atoms with E-state index in [0.29, 0.717) is 13.2 Å². The van der Waals surface area contributed by atoms with Crippen LogP contribution in [-0.2, 0) is 15.1 Å². The molecule has 0 spiro atoms. The first kappa shape index (κ1) is 15.1. The molecule has 0 aliphatic carbocycles. The molecule has 2 aromatic rings. The predicted molar refractivity (Wildman–Crippen MR) is 84.8 cm³/mol. The first-order chi connectivity index (χ1) is 10.1. The Hall–Kier alpha value is -2.31. The summed E-state index contributed by atoms with van der Waals surface area (Å²) in [7, 11) is 0. The van der Waals surface area contributed by atoms with Gasteiger partial charge in [-0.3, -0.25) is 5.32 Å². The number of hydrogen-bond acceptors (Lipinski definition) is 3. The van der Waals surface area contributed by atoms with Gasteiger partial charge in [-0.1, -0.05) is 42.3 Å². The molecule has 1 N–H and O–H groups in total. The van der Waals surface area contributed by atoms with Gasteiger partial charge in [0.15, 0.2) is 0 Å². The molecule has 1 atom stereocenters. The molecule has 0 aliphatic rings. The molecule has 0 fully saturated rings. The number of fused-ring (bicyclic) bond motifs is 1. The van der Waals surface area contributed by atoms with Crippen molar-refractivity contribution in [3.8, 4) is 12.3 Å². The minimum absolute atomic E-state index is 0.294. The largest absolute Gasteiger partial charge is 0.464 e. The third-order valence-electron chi connectivity index (χ3n) is 3.55. The number of nitrogens with one attached hydrogen (secondary N) is 1. The minimum Gasteiger partial charge on any atom is -0.464 e. The molecule has 3 nitrogen and oxygen atoms in total. The molecular formula is C18H19NO2. The summed E-state index contributed by atoms with van der Waals surface area (Å²) in [5, 5.41) is 5.31. The Balaban J connectivity index is 2.47. The fourth-order valence-electron chi connectivity index (χ4n) is 2.30. The average Bonchev–Trinajstić information content (AvgIpc) is 2.52. The van der Waals surface area contributed by atoms with E-state index in [0.717, 1.165) is 16.3 Å². The van der Waals surface area contributed by atoms with Crippen molar-refractivity contribution >= 4 is 16.7 Å². The van der Waals surface area contributed by atoms with Crippen LogP contribution in [0.2, 0.25) is 0 Å². The van der Waals surface area contributed by atoms with E-state index in [1.165, 1.54) is 0 Å². The maximum absolute atomic E-state index is 12.4. The normalized spacial score (nSPS) is 13.4. The van der Waals surface area contributed by atoms with E-state index in [-0.39, 0.29) is 5.97 Å². The van der Waals surface area contributed by atoms with E-state index in [4.69, 9.17) is 11.2 Å². The minimum atomic E-state index is -0.952. The standard InChI is InChI=1S/C18H19NO2/c1-4-12-19-18(3,17(20)21-5-2)16-11-10-14-8-6-7-9-15(14)13-16/h1,6-11,13,19H,5,12H2,2-3H3. The molecule has 2 aromatic carbocycles. The number of hydrogen-bond donors (Lipinski definition) is 1. The number of benzene rings is 2. The van der Waals surface area contributed by atoms with E-state index < -0.39 is 5.54 Å². The Bertz CT molecular complexity index is 687. The third kappa shape index (κ3) is 3.07. The molecular weight excluding hydrogens is 262 g/mol. The van der Waals surface area contributed by atoms with Crippen molar-refractivity contribution in [2.45, 2.75) is 19.4 Å². The second-order valence-electron chi connectivity index (χ2n) is 4.97. The maximum atomic E-state index is 12.4. The summed E-state index contributed by atoms with van der Waals surface area (Å²) in [6.07, 6.45) is 5.31. The van der Waals surface area contributed by atoms with Crippen molar-refractivity contribution in [3.63, 3.8) is 0 Å². The lowest BCUT2D eigenvalue weighted by molar-refractivity contribution is -0.150. The average molecular weight is 281 g/mol. The molecule has 1 unspecified atom stereocenters. The van der Waals surface area contributed by atoms with Crippen molar-refractivity contribution in [2.24, 2.45) is 0 Å². The lowest BCUT2D eigenvalue weighted by atomic mass is 9.90. The van der Waals surface area contributed by atoms with Gasteiger partial charge >= 0.3 is 5.97 Å². The molecule has 0 heterocycles. The van der Waals surface area contributed by atoms with E-state index in [2.05, 4.69) is 11.2 Å². The van der Waals surface area contributed by atoms with Crippen molar-refractivity contribution in [2.75, 3.05) is 13.2 Å². The van der Waals surface area contributed by atoms with Crippen LogP contribution in [0.5, 0.6) is 0 Å². The molecule has 3 heteroatoms. The number of esters is 1. The van der Waals surface area contributed by atoms with Gasteiger partial charge in [-0.25, -0.2) is 4.79 Å². The van der Waals surface area contributed by atoms with Crippen LogP contribution in [0.4, 0.5) is 0 Å². The molecule has 0 aliphatic heterocycles. The predicted octanol–water partition coefficient (Wildman–Crippen LogP) is 2.84. The molecule has 0 aromatic heterocycles. The van der Waals surface area contributed by atoms with Gasteiger partial charge < -0.3 is 4.74 Å². The van der Waals surface area contributed by atoms with Crippen molar-refractivity contribution in [3.05, 3.63) is 48.0 Å². The quantitative estimate of drug-likeness (QED) is 0.676. The van der Waals surface area contributed by atoms with Crippen LogP contribution in [0.1, 0.15) is 19.4 Å². The van der Waals surface area contributed by atoms with Crippen LogP contribution >= 0.6 is 0 Å².